The summed E-state index contributed by atoms with van der Waals surface area (Å²) in [4.78, 5) is 36.1. The van der Waals surface area contributed by atoms with Crippen LogP contribution in [-0.2, 0) is 9.59 Å². The molecule has 1 aromatic rings. The lowest BCUT2D eigenvalue weighted by atomic mass is 10.1. The first-order chi connectivity index (χ1) is 10.3. The topological polar surface area (TPSA) is 95.5 Å². The van der Waals surface area contributed by atoms with Crippen LogP contribution < -0.4 is 10.6 Å². The van der Waals surface area contributed by atoms with Gasteiger partial charge < -0.3 is 15.7 Å². The van der Waals surface area contributed by atoms with Crippen LogP contribution in [-0.4, -0.2) is 28.9 Å². The van der Waals surface area contributed by atoms with Crippen LogP contribution in [0, 0.1) is 13.8 Å². The number of hydrogen-bond donors (Lipinski definition) is 3. The molecule has 122 valence electrons. The van der Waals surface area contributed by atoms with E-state index in [9.17, 15) is 14.4 Å². The average molecular weight is 326 g/mol. The monoisotopic (exact) mass is 326 g/mol. The molecular formula is C15H22N2O4S. The molecule has 2 amide bonds. The Bertz CT molecular complexity index is 580. The van der Waals surface area contributed by atoms with Crippen molar-refractivity contribution >= 4 is 34.1 Å². The molecule has 6 nitrogen and oxygen atoms in total. The number of thiophene rings is 1. The van der Waals surface area contributed by atoms with E-state index in [1.165, 1.54) is 11.3 Å². The van der Waals surface area contributed by atoms with Crippen molar-refractivity contribution in [2.45, 2.75) is 53.0 Å². The third kappa shape index (κ3) is 4.30. The van der Waals surface area contributed by atoms with E-state index in [4.69, 9.17) is 5.11 Å². The fourth-order valence-corrected chi connectivity index (χ4v) is 3.05. The second-order valence-corrected chi connectivity index (χ2v) is 6.27. The maximum absolute atomic E-state index is 12.4. The molecule has 0 radical (unpaired) electrons. The maximum atomic E-state index is 12.4. The molecule has 0 bridgehead atoms. The molecule has 3 N–H and O–H groups in total. The fraction of sp³-hybridized carbons (Fsp3) is 0.533. The highest BCUT2D eigenvalue weighted by molar-refractivity contribution is 7.16. The number of nitrogens with one attached hydrogen (secondary N) is 2. The van der Waals surface area contributed by atoms with Crippen molar-refractivity contribution in [2.24, 2.45) is 0 Å². The van der Waals surface area contributed by atoms with Crippen LogP contribution in [0.1, 0.15) is 53.9 Å². The van der Waals surface area contributed by atoms with Crippen LogP contribution in [0.2, 0.25) is 0 Å². The third-order valence-electron chi connectivity index (χ3n) is 3.37. The largest absolute Gasteiger partial charge is 0.480 e. The molecule has 1 heterocycles. The smallest absolute Gasteiger partial charge is 0.326 e. The standard InChI is InChI=1S/C15H22N2O4S/c1-5-7-10(15(20)21)16-13(19)12-8(3)9(4)22-14(12)17-11(18)6-2/h10H,5-7H2,1-4H3,(H,16,19)(H,17,18)(H,20,21). The number of carboxylic acid groups (broad SMARTS) is 1. The molecule has 0 aliphatic heterocycles. The molecule has 0 aromatic carbocycles. The Morgan fingerprint density at radius 2 is 1.86 bits per heavy atom. The van der Waals surface area contributed by atoms with Gasteiger partial charge in [-0.1, -0.05) is 20.3 Å². The van der Waals surface area contributed by atoms with E-state index < -0.39 is 17.9 Å². The third-order valence-corrected chi connectivity index (χ3v) is 4.49. The molecule has 0 fully saturated rings. The summed E-state index contributed by atoms with van der Waals surface area (Å²) in [5, 5.41) is 14.9. The predicted octanol–water partition coefficient (Wildman–Crippen LogP) is 2.70. The molecule has 7 heteroatoms. The number of carboxylic acids is 1. The van der Waals surface area contributed by atoms with Crippen LogP contribution in [0.4, 0.5) is 5.00 Å². The second-order valence-electron chi connectivity index (χ2n) is 5.04. The van der Waals surface area contributed by atoms with Gasteiger partial charge in [-0.25, -0.2) is 4.79 Å². The molecular weight excluding hydrogens is 304 g/mol. The Morgan fingerprint density at radius 3 is 2.36 bits per heavy atom. The van der Waals surface area contributed by atoms with Crippen molar-refractivity contribution in [3.63, 3.8) is 0 Å². The van der Waals surface area contributed by atoms with Crippen molar-refractivity contribution in [2.75, 3.05) is 5.32 Å². The first-order valence-corrected chi connectivity index (χ1v) is 8.06. The quantitative estimate of drug-likeness (QED) is 0.718. The van der Waals surface area contributed by atoms with E-state index in [1.807, 2.05) is 13.8 Å². The van der Waals surface area contributed by atoms with Gasteiger partial charge >= 0.3 is 5.97 Å². The van der Waals surface area contributed by atoms with E-state index >= 15 is 0 Å². The summed E-state index contributed by atoms with van der Waals surface area (Å²) in [5.74, 6) is -1.70. The maximum Gasteiger partial charge on any atom is 0.326 e. The minimum absolute atomic E-state index is 0.182. The Labute approximate surface area is 133 Å². The molecule has 0 aliphatic carbocycles. The van der Waals surface area contributed by atoms with Gasteiger partial charge in [-0.2, -0.15) is 0 Å². The Balaban J connectivity index is 3.05. The van der Waals surface area contributed by atoms with Gasteiger partial charge in [0.2, 0.25) is 5.91 Å². The molecule has 22 heavy (non-hydrogen) atoms. The van der Waals surface area contributed by atoms with Crippen LogP contribution >= 0.6 is 11.3 Å². The zero-order chi connectivity index (χ0) is 16.9. The molecule has 0 aliphatic rings. The van der Waals surface area contributed by atoms with Gasteiger partial charge in [0.15, 0.2) is 0 Å². The predicted molar refractivity (Wildman–Crippen MR) is 86.5 cm³/mol. The zero-order valence-electron chi connectivity index (χ0n) is 13.3. The van der Waals surface area contributed by atoms with E-state index in [-0.39, 0.29) is 5.91 Å². The summed E-state index contributed by atoms with van der Waals surface area (Å²) in [6.45, 7) is 7.23. The van der Waals surface area contributed by atoms with Crippen molar-refractivity contribution in [3.05, 3.63) is 16.0 Å². The van der Waals surface area contributed by atoms with Gasteiger partial charge in [-0.05, 0) is 25.8 Å². The fourth-order valence-electron chi connectivity index (χ4n) is 1.98. The Hall–Kier alpha value is -1.89. The number of carbonyl (C=O) groups is 3. The minimum atomic E-state index is -1.06. The van der Waals surface area contributed by atoms with Crippen LogP contribution in [0.15, 0.2) is 0 Å². The van der Waals surface area contributed by atoms with Crippen LogP contribution in [0.3, 0.4) is 0 Å². The number of amides is 2. The summed E-state index contributed by atoms with van der Waals surface area (Å²) in [6, 6.07) is -0.924. The number of carbonyl (C=O) groups excluding carboxylic acids is 2. The molecule has 1 unspecified atom stereocenters. The van der Waals surface area contributed by atoms with E-state index in [0.717, 1.165) is 10.4 Å². The molecule has 0 saturated carbocycles. The highest BCUT2D eigenvalue weighted by Gasteiger charge is 2.25. The molecule has 1 atom stereocenters. The molecule has 0 saturated heterocycles. The molecule has 1 rings (SSSR count). The minimum Gasteiger partial charge on any atom is -0.480 e. The van der Waals surface area contributed by atoms with Gasteiger partial charge in [0, 0.05) is 11.3 Å². The second kappa shape index (κ2) is 7.93. The lowest BCUT2D eigenvalue weighted by Crippen LogP contribution is -2.41. The summed E-state index contributed by atoms with van der Waals surface area (Å²) in [6.07, 6.45) is 1.32. The number of anilines is 1. The van der Waals surface area contributed by atoms with Gasteiger partial charge in [0.25, 0.3) is 5.91 Å². The van der Waals surface area contributed by atoms with E-state index in [0.29, 0.717) is 29.8 Å². The SMILES string of the molecule is CCCC(NC(=O)c1c(NC(=O)CC)sc(C)c1C)C(=O)O. The van der Waals surface area contributed by atoms with E-state index in [1.54, 1.807) is 13.8 Å². The Morgan fingerprint density at radius 1 is 1.23 bits per heavy atom. The van der Waals surface area contributed by atoms with Gasteiger partial charge in [-0.3, -0.25) is 9.59 Å². The normalized spacial score (nSPS) is 11.8. The lowest BCUT2D eigenvalue weighted by molar-refractivity contribution is -0.139. The molecule has 0 spiro atoms. The first-order valence-electron chi connectivity index (χ1n) is 7.25. The van der Waals surface area contributed by atoms with Gasteiger partial charge in [0.05, 0.1) is 5.56 Å². The summed E-state index contributed by atoms with van der Waals surface area (Å²) >= 11 is 1.32. The summed E-state index contributed by atoms with van der Waals surface area (Å²) in [5.41, 5.74) is 1.11. The van der Waals surface area contributed by atoms with Gasteiger partial charge in [-0.15, -0.1) is 11.3 Å². The number of aliphatic carboxylic acids is 1. The van der Waals surface area contributed by atoms with E-state index in [2.05, 4.69) is 10.6 Å². The van der Waals surface area contributed by atoms with Crippen LogP contribution in [0.25, 0.3) is 0 Å². The first kappa shape index (κ1) is 18.2. The zero-order valence-corrected chi connectivity index (χ0v) is 14.1. The van der Waals surface area contributed by atoms with Crippen molar-refractivity contribution in [3.8, 4) is 0 Å². The Kier molecular flexibility index (Phi) is 6.55. The van der Waals surface area contributed by atoms with Crippen molar-refractivity contribution < 1.29 is 19.5 Å². The van der Waals surface area contributed by atoms with Crippen molar-refractivity contribution in [1.29, 1.82) is 0 Å². The number of rotatable bonds is 7. The lowest BCUT2D eigenvalue weighted by Gasteiger charge is -2.14. The summed E-state index contributed by atoms with van der Waals surface area (Å²) < 4.78 is 0. The highest BCUT2D eigenvalue weighted by atomic mass is 32.1. The van der Waals surface area contributed by atoms with Crippen molar-refractivity contribution in [1.82, 2.24) is 5.32 Å². The molecule has 1 aromatic heterocycles. The number of hydrogen-bond acceptors (Lipinski definition) is 4. The number of aryl methyl sites for hydroxylation is 1. The summed E-state index contributed by atoms with van der Waals surface area (Å²) in [7, 11) is 0. The van der Waals surface area contributed by atoms with Crippen LogP contribution in [0.5, 0.6) is 0 Å². The average Bonchev–Trinajstić information content (AvgIpc) is 2.72. The van der Waals surface area contributed by atoms with Gasteiger partial charge in [0.1, 0.15) is 11.0 Å². The highest BCUT2D eigenvalue weighted by Crippen LogP contribution is 2.32.